The Kier molecular flexibility index (Phi) is 4.75. The Bertz CT molecular complexity index is 622. The van der Waals surface area contributed by atoms with Crippen LogP contribution in [-0.4, -0.2) is 23.2 Å². The van der Waals surface area contributed by atoms with Crippen LogP contribution in [0.1, 0.15) is 18.4 Å². The predicted molar refractivity (Wildman–Crippen MR) is 79.3 cm³/mol. The first-order valence-electron chi connectivity index (χ1n) is 6.43. The summed E-state index contributed by atoms with van der Waals surface area (Å²) in [6.45, 7) is 0.221. The molecule has 0 unspecified atom stereocenters. The molecule has 0 radical (unpaired) electrons. The topological polar surface area (TPSA) is 78.8 Å². The smallest absolute Gasteiger partial charge is 0.254 e. The summed E-state index contributed by atoms with van der Waals surface area (Å²) in [6, 6.07) is 4.86. The molecule has 0 heterocycles. The van der Waals surface area contributed by atoms with Crippen LogP contribution in [0.15, 0.2) is 40.6 Å². The number of phenolic OH excluding ortho intramolecular Hbond substituents is 1. The van der Waals surface area contributed by atoms with Gasteiger partial charge in [0.05, 0.1) is 12.7 Å². The van der Waals surface area contributed by atoms with Crippen molar-refractivity contribution in [3.8, 4) is 11.5 Å². The molecule has 0 saturated heterocycles. The molecule has 21 heavy (non-hydrogen) atoms. The Morgan fingerprint density at radius 1 is 1.38 bits per heavy atom. The van der Waals surface area contributed by atoms with Crippen LogP contribution < -0.4 is 10.1 Å². The monoisotopic (exact) mass is 309 g/mol. The number of aromatic hydroxyl groups is 1. The van der Waals surface area contributed by atoms with E-state index in [4.69, 9.17) is 16.3 Å². The Labute approximate surface area is 127 Å². The van der Waals surface area contributed by atoms with Gasteiger partial charge in [-0.1, -0.05) is 17.7 Å². The van der Waals surface area contributed by atoms with E-state index in [2.05, 4.69) is 5.32 Å². The molecule has 1 aromatic rings. The Balaban J connectivity index is 2.03. The minimum Gasteiger partial charge on any atom is -0.511 e. The van der Waals surface area contributed by atoms with Gasteiger partial charge in [-0.05, 0) is 30.2 Å². The molecule has 1 amide bonds. The maximum Gasteiger partial charge on any atom is 0.254 e. The van der Waals surface area contributed by atoms with Gasteiger partial charge in [0.2, 0.25) is 0 Å². The number of halogens is 1. The number of amides is 1. The molecular formula is C15H16ClNO4. The number of ether oxygens (including phenoxy) is 1. The molecule has 0 aliphatic heterocycles. The van der Waals surface area contributed by atoms with E-state index in [1.54, 1.807) is 12.1 Å². The van der Waals surface area contributed by atoms with E-state index in [0.29, 0.717) is 29.2 Å². The number of nitrogens with one attached hydrogen (secondary N) is 1. The first-order valence-corrected chi connectivity index (χ1v) is 6.81. The zero-order valence-electron chi connectivity index (χ0n) is 11.5. The van der Waals surface area contributed by atoms with Gasteiger partial charge in [0.25, 0.3) is 5.91 Å². The van der Waals surface area contributed by atoms with Gasteiger partial charge in [-0.15, -0.1) is 0 Å². The van der Waals surface area contributed by atoms with Gasteiger partial charge in [0.1, 0.15) is 5.76 Å². The zero-order chi connectivity index (χ0) is 15.4. The van der Waals surface area contributed by atoms with Gasteiger partial charge in [-0.2, -0.15) is 0 Å². The van der Waals surface area contributed by atoms with Crippen molar-refractivity contribution in [3.05, 3.63) is 46.2 Å². The SMILES string of the molecule is COc1ccc(CNC(=O)C2=C(O)CCC(Cl)=C2)cc1O. The van der Waals surface area contributed by atoms with Crippen LogP contribution in [0.4, 0.5) is 0 Å². The van der Waals surface area contributed by atoms with Crippen molar-refractivity contribution < 1.29 is 19.7 Å². The molecule has 3 N–H and O–H groups in total. The summed E-state index contributed by atoms with van der Waals surface area (Å²) in [5.74, 6) is 0.00878. The largest absolute Gasteiger partial charge is 0.511 e. The number of rotatable bonds is 4. The van der Waals surface area contributed by atoms with Gasteiger partial charge < -0.3 is 20.3 Å². The fraction of sp³-hybridized carbons (Fsp3) is 0.267. The van der Waals surface area contributed by atoms with Crippen molar-refractivity contribution in [2.45, 2.75) is 19.4 Å². The summed E-state index contributed by atoms with van der Waals surface area (Å²) in [5.41, 5.74) is 0.900. The summed E-state index contributed by atoms with van der Waals surface area (Å²) in [7, 11) is 1.46. The van der Waals surface area contributed by atoms with E-state index in [-0.39, 0.29) is 23.6 Å². The maximum atomic E-state index is 12.0. The summed E-state index contributed by atoms with van der Waals surface area (Å²) in [5, 5.41) is 22.6. The minimum absolute atomic E-state index is 0.00641. The number of hydrogen-bond donors (Lipinski definition) is 3. The van der Waals surface area contributed by atoms with E-state index in [1.807, 2.05) is 0 Å². The van der Waals surface area contributed by atoms with Crippen LogP contribution in [0.5, 0.6) is 11.5 Å². The van der Waals surface area contributed by atoms with Crippen molar-refractivity contribution >= 4 is 17.5 Å². The lowest BCUT2D eigenvalue weighted by Crippen LogP contribution is -2.25. The summed E-state index contributed by atoms with van der Waals surface area (Å²) in [4.78, 5) is 12.0. The third-order valence-corrected chi connectivity index (χ3v) is 3.45. The first kappa shape index (κ1) is 15.3. The quantitative estimate of drug-likeness (QED) is 0.799. The average Bonchev–Trinajstić information content (AvgIpc) is 2.47. The molecule has 0 atom stereocenters. The number of aliphatic hydroxyl groups excluding tert-OH is 1. The second-order valence-electron chi connectivity index (χ2n) is 4.64. The predicted octanol–water partition coefficient (Wildman–Crippen LogP) is 2.75. The molecule has 0 saturated carbocycles. The van der Waals surface area contributed by atoms with Gasteiger partial charge in [-0.25, -0.2) is 0 Å². The molecule has 0 fully saturated rings. The summed E-state index contributed by atoms with van der Waals surface area (Å²) in [6.07, 6.45) is 2.37. The summed E-state index contributed by atoms with van der Waals surface area (Å²) >= 11 is 5.88. The van der Waals surface area contributed by atoms with Crippen LogP contribution in [0.3, 0.4) is 0 Å². The van der Waals surface area contributed by atoms with Crippen molar-refractivity contribution in [2.24, 2.45) is 0 Å². The molecule has 1 aromatic carbocycles. The molecule has 6 heteroatoms. The number of carbonyl (C=O) groups excluding carboxylic acids is 1. The minimum atomic E-state index is -0.402. The van der Waals surface area contributed by atoms with Crippen LogP contribution in [0.25, 0.3) is 0 Å². The molecule has 0 aromatic heterocycles. The van der Waals surface area contributed by atoms with Gasteiger partial charge >= 0.3 is 0 Å². The van der Waals surface area contributed by atoms with Gasteiger partial charge in [0.15, 0.2) is 11.5 Å². The molecule has 2 rings (SSSR count). The molecule has 1 aliphatic carbocycles. The Morgan fingerprint density at radius 2 is 2.14 bits per heavy atom. The molecular weight excluding hydrogens is 294 g/mol. The number of benzene rings is 1. The average molecular weight is 310 g/mol. The third kappa shape index (κ3) is 3.70. The van der Waals surface area contributed by atoms with E-state index in [1.165, 1.54) is 19.3 Å². The highest BCUT2D eigenvalue weighted by atomic mass is 35.5. The fourth-order valence-electron chi connectivity index (χ4n) is 2.00. The van der Waals surface area contributed by atoms with E-state index in [9.17, 15) is 15.0 Å². The Hall–Kier alpha value is -2.14. The normalized spacial score (nSPS) is 14.7. The fourth-order valence-corrected chi connectivity index (χ4v) is 2.21. The lowest BCUT2D eigenvalue weighted by Gasteiger charge is -2.13. The lowest BCUT2D eigenvalue weighted by atomic mass is 10.0. The van der Waals surface area contributed by atoms with Crippen molar-refractivity contribution in [1.29, 1.82) is 0 Å². The highest BCUT2D eigenvalue weighted by Crippen LogP contribution is 2.27. The number of hydrogen-bond acceptors (Lipinski definition) is 4. The molecule has 1 aliphatic rings. The van der Waals surface area contributed by atoms with E-state index < -0.39 is 5.91 Å². The van der Waals surface area contributed by atoms with Crippen molar-refractivity contribution in [3.63, 3.8) is 0 Å². The molecule has 0 spiro atoms. The van der Waals surface area contributed by atoms with Crippen molar-refractivity contribution in [2.75, 3.05) is 7.11 Å². The van der Waals surface area contributed by atoms with Crippen LogP contribution in [-0.2, 0) is 11.3 Å². The van der Waals surface area contributed by atoms with Crippen LogP contribution >= 0.6 is 11.6 Å². The number of allylic oxidation sites excluding steroid dienone is 2. The number of phenols is 1. The number of aliphatic hydroxyl groups is 1. The Morgan fingerprint density at radius 3 is 2.81 bits per heavy atom. The van der Waals surface area contributed by atoms with E-state index in [0.717, 1.165) is 0 Å². The van der Waals surface area contributed by atoms with Crippen molar-refractivity contribution in [1.82, 2.24) is 5.32 Å². The molecule has 0 bridgehead atoms. The van der Waals surface area contributed by atoms with Gasteiger partial charge in [-0.3, -0.25) is 4.79 Å². The van der Waals surface area contributed by atoms with Gasteiger partial charge in [0, 0.05) is 18.0 Å². The third-order valence-electron chi connectivity index (χ3n) is 3.15. The lowest BCUT2D eigenvalue weighted by molar-refractivity contribution is -0.117. The van der Waals surface area contributed by atoms with E-state index >= 15 is 0 Å². The standard InChI is InChI=1S/C15H16ClNO4/c1-21-14-5-2-9(6-13(14)19)8-17-15(20)11-7-10(16)3-4-12(11)18/h2,5-7,18-19H,3-4,8H2,1H3,(H,17,20). The molecule has 112 valence electrons. The second-order valence-corrected chi connectivity index (χ2v) is 5.13. The van der Waals surface area contributed by atoms with Crippen LogP contribution in [0, 0.1) is 0 Å². The molecule has 5 nitrogen and oxygen atoms in total. The number of methoxy groups -OCH3 is 1. The second kappa shape index (κ2) is 6.54. The van der Waals surface area contributed by atoms with Crippen LogP contribution in [0.2, 0.25) is 0 Å². The summed E-state index contributed by atoms with van der Waals surface area (Å²) < 4.78 is 4.95. The first-order chi connectivity index (χ1) is 10.0. The zero-order valence-corrected chi connectivity index (χ0v) is 12.3. The number of carbonyl (C=O) groups is 1. The maximum absolute atomic E-state index is 12.0. The highest BCUT2D eigenvalue weighted by molar-refractivity contribution is 6.30. The highest BCUT2D eigenvalue weighted by Gasteiger charge is 2.18.